The van der Waals surface area contributed by atoms with E-state index < -0.39 is 0 Å². The molecule has 0 saturated carbocycles. The van der Waals surface area contributed by atoms with Crippen molar-refractivity contribution in [3.63, 3.8) is 0 Å². The van der Waals surface area contributed by atoms with E-state index in [9.17, 15) is 4.79 Å². The van der Waals surface area contributed by atoms with Crippen LogP contribution in [0.3, 0.4) is 0 Å². The van der Waals surface area contributed by atoms with Gasteiger partial charge >= 0.3 is 0 Å². The van der Waals surface area contributed by atoms with E-state index in [0.717, 1.165) is 18.7 Å². The lowest BCUT2D eigenvalue weighted by Crippen LogP contribution is -2.49. The van der Waals surface area contributed by atoms with Crippen molar-refractivity contribution in [2.45, 2.75) is 12.8 Å². The Balaban J connectivity index is 1.46. The van der Waals surface area contributed by atoms with Crippen molar-refractivity contribution in [2.75, 3.05) is 39.3 Å². The van der Waals surface area contributed by atoms with Crippen LogP contribution in [0.4, 0.5) is 0 Å². The first kappa shape index (κ1) is 15.7. The molecule has 1 aliphatic rings. The van der Waals surface area contributed by atoms with Gasteiger partial charge in [0.05, 0.1) is 18.4 Å². The van der Waals surface area contributed by atoms with Crippen molar-refractivity contribution in [2.24, 2.45) is 0 Å². The topological polar surface area (TPSA) is 95.8 Å². The summed E-state index contributed by atoms with van der Waals surface area (Å²) < 4.78 is 10.1. The number of rotatable bonds is 6. The Morgan fingerprint density at radius 3 is 2.83 bits per heavy atom. The summed E-state index contributed by atoms with van der Waals surface area (Å²) in [4.78, 5) is 20.5. The predicted octanol–water partition coefficient (Wildman–Crippen LogP) is 0.399. The molecule has 0 unspecified atom stereocenters. The van der Waals surface area contributed by atoms with E-state index in [2.05, 4.69) is 15.0 Å². The van der Waals surface area contributed by atoms with E-state index >= 15 is 0 Å². The van der Waals surface area contributed by atoms with E-state index in [1.807, 2.05) is 4.90 Å². The number of furan rings is 1. The Labute approximate surface area is 133 Å². The van der Waals surface area contributed by atoms with Gasteiger partial charge in [-0.1, -0.05) is 5.16 Å². The van der Waals surface area contributed by atoms with Crippen LogP contribution in [0.2, 0.25) is 0 Å². The molecule has 124 valence electrons. The summed E-state index contributed by atoms with van der Waals surface area (Å²) in [6, 6.07) is 1.76. The molecular formula is C15H20N4O4. The molecule has 1 saturated heterocycles. The van der Waals surface area contributed by atoms with Crippen molar-refractivity contribution < 1.29 is 18.8 Å². The number of carbonyl (C=O) groups is 1. The number of amides is 1. The number of aromatic nitrogens is 2. The highest BCUT2D eigenvalue weighted by Gasteiger charge is 2.21. The van der Waals surface area contributed by atoms with Gasteiger partial charge in [0.15, 0.2) is 0 Å². The van der Waals surface area contributed by atoms with E-state index in [0.29, 0.717) is 44.2 Å². The van der Waals surface area contributed by atoms with Crippen molar-refractivity contribution in [1.82, 2.24) is 19.9 Å². The third-order valence-electron chi connectivity index (χ3n) is 3.94. The molecular weight excluding hydrogens is 300 g/mol. The Morgan fingerprint density at radius 2 is 2.13 bits per heavy atom. The lowest BCUT2D eigenvalue weighted by Gasteiger charge is -2.34. The highest BCUT2D eigenvalue weighted by molar-refractivity contribution is 5.76. The molecule has 1 fully saturated rings. The van der Waals surface area contributed by atoms with E-state index in [-0.39, 0.29) is 12.5 Å². The molecule has 3 rings (SSSR count). The van der Waals surface area contributed by atoms with Gasteiger partial charge in [0.1, 0.15) is 6.26 Å². The van der Waals surface area contributed by atoms with Gasteiger partial charge in [0.2, 0.25) is 17.6 Å². The summed E-state index contributed by atoms with van der Waals surface area (Å²) in [5, 5.41) is 12.8. The maximum absolute atomic E-state index is 12.2. The van der Waals surface area contributed by atoms with Crippen LogP contribution < -0.4 is 0 Å². The second kappa shape index (κ2) is 7.38. The maximum Gasteiger partial charge on any atom is 0.227 e. The molecule has 0 atom stereocenters. The fraction of sp³-hybridized carbons (Fsp3) is 0.533. The third-order valence-corrected chi connectivity index (χ3v) is 3.94. The quantitative estimate of drug-likeness (QED) is 0.823. The zero-order valence-corrected chi connectivity index (χ0v) is 12.8. The van der Waals surface area contributed by atoms with Gasteiger partial charge in [0, 0.05) is 45.6 Å². The van der Waals surface area contributed by atoms with Crippen LogP contribution in [0.15, 0.2) is 27.5 Å². The summed E-state index contributed by atoms with van der Waals surface area (Å²) in [5.74, 6) is 1.02. The minimum absolute atomic E-state index is 0.0942. The summed E-state index contributed by atoms with van der Waals surface area (Å²) in [5.41, 5.74) is 0.756. The van der Waals surface area contributed by atoms with E-state index in [1.165, 1.54) is 0 Å². The number of carbonyl (C=O) groups excluding carboxylic acids is 1. The second-order valence-corrected chi connectivity index (χ2v) is 5.47. The molecule has 3 heterocycles. The summed E-state index contributed by atoms with van der Waals surface area (Å²) >= 11 is 0. The van der Waals surface area contributed by atoms with Gasteiger partial charge in [-0.05, 0) is 6.07 Å². The number of β-amino-alcohol motifs (C(OH)–C–C–N with tert-alkyl or cyclic N) is 1. The molecule has 1 N–H and O–H groups in total. The normalized spacial score (nSPS) is 16.0. The van der Waals surface area contributed by atoms with Crippen molar-refractivity contribution >= 4 is 5.91 Å². The van der Waals surface area contributed by atoms with Gasteiger partial charge in [0.25, 0.3) is 0 Å². The Kier molecular flexibility index (Phi) is 5.04. The molecule has 2 aromatic heterocycles. The fourth-order valence-electron chi connectivity index (χ4n) is 2.60. The Hall–Kier alpha value is -2.19. The molecule has 8 nitrogen and oxygen atoms in total. The lowest BCUT2D eigenvalue weighted by molar-refractivity contribution is -0.133. The van der Waals surface area contributed by atoms with Gasteiger partial charge in [-0.2, -0.15) is 4.98 Å². The zero-order valence-electron chi connectivity index (χ0n) is 12.8. The molecule has 1 amide bonds. The first-order chi connectivity index (χ1) is 11.3. The zero-order chi connectivity index (χ0) is 16.1. The number of nitrogens with zero attached hydrogens (tertiary/aromatic N) is 4. The molecule has 8 heteroatoms. The maximum atomic E-state index is 12.2. The minimum Gasteiger partial charge on any atom is -0.472 e. The number of aliphatic hydroxyl groups is 1. The highest BCUT2D eigenvalue weighted by Crippen LogP contribution is 2.16. The Morgan fingerprint density at radius 1 is 1.30 bits per heavy atom. The number of hydrogen-bond donors (Lipinski definition) is 1. The van der Waals surface area contributed by atoms with Crippen LogP contribution in [-0.4, -0.2) is 70.3 Å². The molecule has 2 aromatic rings. The van der Waals surface area contributed by atoms with Crippen LogP contribution in [0.25, 0.3) is 11.4 Å². The van der Waals surface area contributed by atoms with Crippen molar-refractivity contribution in [3.8, 4) is 11.4 Å². The van der Waals surface area contributed by atoms with E-state index in [1.54, 1.807) is 18.6 Å². The Bertz CT molecular complexity index is 617. The molecule has 23 heavy (non-hydrogen) atoms. The molecule has 1 aliphatic heterocycles. The SMILES string of the molecule is O=C(CCc1nc(-c2ccoc2)no1)N1CCN(CCO)CC1. The molecule has 0 aliphatic carbocycles. The van der Waals surface area contributed by atoms with Gasteiger partial charge < -0.3 is 18.9 Å². The number of aliphatic hydroxyl groups excluding tert-OH is 1. The van der Waals surface area contributed by atoms with E-state index in [4.69, 9.17) is 14.0 Å². The predicted molar refractivity (Wildman–Crippen MR) is 80.4 cm³/mol. The highest BCUT2D eigenvalue weighted by atomic mass is 16.5. The standard InChI is InChI=1S/C15H20N4O4/c20-9-8-18-4-6-19(7-5-18)14(21)2-1-13-16-15(17-23-13)12-3-10-22-11-12/h3,10-11,20H,1-2,4-9H2. The van der Waals surface area contributed by atoms with Crippen LogP contribution in [0, 0.1) is 0 Å². The first-order valence-electron chi connectivity index (χ1n) is 7.72. The third kappa shape index (κ3) is 3.96. The smallest absolute Gasteiger partial charge is 0.227 e. The molecule has 0 aromatic carbocycles. The average Bonchev–Trinajstić information content (AvgIpc) is 3.25. The van der Waals surface area contributed by atoms with Crippen molar-refractivity contribution in [3.05, 3.63) is 24.5 Å². The summed E-state index contributed by atoms with van der Waals surface area (Å²) in [7, 11) is 0. The average molecular weight is 320 g/mol. The monoisotopic (exact) mass is 320 g/mol. The largest absolute Gasteiger partial charge is 0.472 e. The second-order valence-electron chi connectivity index (χ2n) is 5.47. The number of hydrogen-bond acceptors (Lipinski definition) is 7. The van der Waals surface area contributed by atoms with Gasteiger partial charge in [-0.3, -0.25) is 9.69 Å². The fourth-order valence-corrected chi connectivity index (χ4v) is 2.60. The van der Waals surface area contributed by atoms with Gasteiger partial charge in [-0.15, -0.1) is 0 Å². The van der Waals surface area contributed by atoms with Crippen LogP contribution >= 0.6 is 0 Å². The number of piperazine rings is 1. The van der Waals surface area contributed by atoms with Gasteiger partial charge in [-0.25, -0.2) is 0 Å². The van der Waals surface area contributed by atoms with Crippen molar-refractivity contribution in [1.29, 1.82) is 0 Å². The molecule has 0 bridgehead atoms. The molecule has 0 radical (unpaired) electrons. The lowest BCUT2D eigenvalue weighted by atomic mass is 10.2. The summed E-state index contributed by atoms with van der Waals surface area (Å²) in [6.45, 7) is 3.83. The van der Waals surface area contributed by atoms with Crippen LogP contribution in [0.5, 0.6) is 0 Å². The molecule has 0 spiro atoms. The summed E-state index contributed by atoms with van der Waals surface area (Å²) in [6.07, 6.45) is 3.88. The first-order valence-corrected chi connectivity index (χ1v) is 7.72. The van der Waals surface area contributed by atoms with Crippen LogP contribution in [-0.2, 0) is 11.2 Å². The minimum atomic E-state index is 0.0942. The number of aryl methyl sites for hydroxylation is 1. The van der Waals surface area contributed by atoms with Crippen LogP contribution in [0.1, 0.15) is 12.3 Å².